The van der Waals surface area contributed by atoms with Crippen molar-refractivity contribution in [2.24, 2.45) is 5.92 Å². The number of rotatable bonds is 11. The molecule has 1 heterocycles. The summed E-state index contributed by atoms with van der Waals surface area (Å²) >= 11 is 6.42. The molecule has 0 aliphatic rings. The van der Waals surface area contributed by atoms with E-state index in [2.05, 4.69) is 24.1 Å². The maximum absolute atomic E-state index is 12.9. The average Bonchev–Trinajstić information content (AvgIpc) is 3.26. The topological polar surface area (TPSA) is 87.4 Å². The predicted molar refractivity (Wildman–Crippen MR) is 145 cm³/mol. The summed E-state index contributed by atoms with van der Waals surface area (Å²) in [4.78, 5) is 17.6. The molecule has 0 spiro atoms. The van der Waals surface area contributed by atoms with Gasteiger partial charge in [0.15, 0.2) is 0 Å². The lowest BCUT2D eigenvalue weighted by Gasteiger charge is -2.19. The molecule has 36 heavy (non-hydrogen) atoms. The van der Waals surface area contributed by atoms with Gasteiger partial charge in [-0.05, 0) is 69.2 Å². The lowest BCUT2D eigenvalue weighted by Crippen LogP contribution is -2.37. The fourth-order valence-electron chi connectivity index (χ4n) is 4.32. The first-order chi connectivity index (χ1) is 17.0. The largest absolute Gasteiger partial charge is 0.396 e. The minimum absolute atomic E-state index is 0.0225. The fourth-order valence-corrected chi connectivity index (χ4v) is 4.58. The molecule has 194 valence electrons. The van der Waals surface area contributed by atoms with Crippen molar-refractivity contribution in [3.05, 3.63) is 76.2 Å². The number of nitrogens with one attached hydrogen (secondary N) is 1. The molecule has 3 N–H and O–H groups in total. The van der Waals surface area contributed by atoms with Gasteiger partial charge < -0.3 is 20.1 Å². The minimum atomic E-state index is -1.02. The van der Waals surface area contributed by atoms with Gasteiger partial charge in [0.1, 0.15) is 11.4 Å². The maximum Gasteiger partial charge on any atom is 0.251 e. The van der Waals surface area contributed by atoms with E-state index < -0.39 is 5.60 Å². The van der Waals surface area contributed by atoms with Crippen molar-refractivity contribution in [3.63, 3.8) is 0 Å². The Balaban J connectivity index is 1.71. The number of benzene rings is 2. The van der Waals surface area contributed by atoms with Crippen LogP contribution in [0.3, 0.4) is 0 Å². The first-order valence-corrected chi connectivity index (χ1v) is 13.0. The third-order valence-corrected chi connectivity index (χ3v) is 6.50. The minimum Gasteiger partial charge on any atom is -0.396 e. The zero-order valence-electron chi connectivity index (χ0n) is 21.9. The molecule has 0 saturated carbocycles. The van der Waals surface area contributed by atoms with Crippen molar-refractivity contribution < 1.29 is 15.0 Å². The number of halogens is 1. The molecule has 1 atom stereocenters. The Bertz CT molecular complexity index is 1160. The number of aryl methyl sites for hydroxylation is 1. The van der Waals surface area contributed by atoms with Crippen LogP contribution in [0.4, 0.5) is 0 Å². The van der Waals surface area contributed by atoms with Crippen LogP contribution in [0.5, 0.6) is 0 Å². The van der Waals surface area contributed by atoms with E-state index in [4.69, 9.17) is 11.6 Å². The Morgan fingerprint density at radius 1 is 1.14 bits per heavy atom. The van der Waals surface area contributed by atoms with E-state index in [0.717, 1.165) is 35.3 Å². The molecule has 3 aromatic rings. The molecule has 2 aromatic carbocycles. The van der Waals surface area contributed by atoms with Gasteiger partial charge in [-0.15, -0.1) is 0 Å². The number of aliphatic hydroxyl groups excluding tert-OH is 1. The van der Waals surface area contributed by atoms with Crippen molar-refractivity contribution in [1.82, 2.24) is 14.9 Å². The molecule has 1 aromatic heterocycles. The Morgan fingerprint density at radius 3 is 2.36 bits per heavy atom. The normalized spacial score (nSPS) is 12.7. The molecule has 3 rings (SSSR count). The molecule has 0 bridgehead atoms. The molecule has 0 saturated heterocycles. The van der Waals surface area contributed by atoms with E-state index in [0.29, 0.717) is 35.2 Å². The summed E-state index contributed by atoms with van der Waals surface area (Å²) in [7, 11) is 0. The van der Waals surface area contributed by atoms with Crippen molar-refractivity contribution in [1.29, 1.82) is 0 Å². The Labute approximate surface area is 219 Å². The van der Waals surface area contributed by atoms with E-state index >= 15 is 0 Å². The summed E-state index contributed by atoms with van der Waals surface area (Å²) in [6, 6.07) is 13.2. The number of aliphatic hydroxyl groups is 2. The van der Waals surface area contributed by atoms with Gasteiger partial charge in [0, 0.05) is 41.5 Å². The maximum atomic E-state index is 12.9. The van der Waals surface area contributed by atoms with E-state index in [1.165, 1.54) is 0 Å². The molecule has 0 aliphatic carbocycles. The molecule has 7 heteroatoms. The SMILES string of the molecule is CCn1cc(-c2ccc(C[C@@H](CCO)NC(=O)c3ccc(CC(C)C)c(Cl)c3)cc2)nc1C(C)(C)O. The van der Waals surface area contributed by atoms with E-state index in [-0.39, 0.29) is 18.6 Å². The quantitative estimate of drug-likeness (QED) is 0.323. The van der Waals surface area contributed by atoms with Crippen molar-refractivity contribution >= 4 is 17.5 Å². The van der Waals surface area contributed by atoms with Gasteiger partial charge >= 0.3 is 0 Å². The first kappa shape index (κ1) is 27.9. The van der Waals surface area contributed by atoms with Crippen molar-refractivity contribution in [3.8, 4) is 11.3 Å². The number of amides is 1. The summed E-state index contributed by atoms with van der Waals surface area (Å²) in [6.07, 6.45) is 3.85. The lowest BCUT2D eigenvalue weighted by atomic mass is 10.00. The summed E-state index contributed by atoms with van der Waals surface area (Å²) < 4.78 is 1.96. The van der Waals surface area contributed by atoms with Gasteiger partial charge in [-0.1, -0.05) is 55.8 Å². The zero-order chi connectivity index (χ0) is 26.5. The van der Waals surface area contributed by atoms with Crippen LogP contribution < -0.4 is 5.32 Å². The van der Waals surface area contributed by atoms with Gasteiger partial charge in [0.2, 0.25) is 0 Å². The lowest BCUT2D eigenvalue weighted by molar-refractivity contribution is 0.0649. The van der Waals surface area contributed by atoms with Crippen LogP contribution in [0.1, 0.15) is 68.3 Å². The highest BCUT2D eigenvalue weighted by Gasteiger charge is 2.23. The summed E-state index contributed by atoms with van der Waals surface area (Å²) in [5.41, 5.74) is 3.32. The van der Waals surface area contributed by atoms with Gasteiger partial charge in [-0.3, -0.25) is 4.79 Å². The Kier molecular flexibility index (Phi) is 9.34. The summed E-state index contributed by atoms with van der Waals surface area (Å²) in [6.45, 7) is 10.5. The van der Waals surface area contributed by atoms with Crippen LogP contribution in [0.2, 0.25) is 5.02 Å². The number of nitrogens with zero attached hydrogens (tertiary/aromatic N) is 2. The third kappa shape index (κ3) is 7.19. The molecule has 0 radical (unpaired) electrons. The number of hydrogen-bond acceptors (Lipinski definition) is 4. The number of carbonyl (C=O) groups is 1. The molecule has 6 nitrogen and oxygen atoms in total. The fraction of sp³-hybridized carbons (Fsp3) is 0.448. The average molecular weight is 512 g/mol. The molecule has 0 unspecified atom stereocenters. The van der Waals surface area contributed by atoms with Crippen LogP contribution in [-0.2, 0) is 25.0 Å². The van der Waals surface area contributed by atoms with E-state index in [9.17, 15) is 15.0 Å². The highest BCUT2D eigenvalue weighted by atomic mass is 35.5. The molecule has 0 fully saturated rings. The molecular weight excluding hydrogens is 474 g/mol. The van der Waals surface area contributed by atoms with Gasteiger partial charge in [0.05, 0.1) is 5.69 Å². The third-order valence-electron chi connectivity index (χ3n) is 6.15. The monoisotopic (exact) mass is 511 g/mol. The summed E-state index contributed by atoms with van der Waals surface area (Å²) in [5, 5.41) is 23.6. The Hall–Kier alpha value is -2.67. The molecule has 0 aliphatic heterocycles. The molecule has 1 amide bonds. The highest BCUT2D eigenvalue weighted by molar-refractivity contribution is 6.31. The predicted octanol–water partition coefficient (Wildman–Crippen LogP) is 5.37. The smallest absolute Gasteiger partial charge is 0.251 e. The number of aromatic nitrogens is 2. The number of hydrogen-bond donors (Lipinski definition) is 3. The van der Waals surface area contributed by atoms with Gasteiger partial charge in [-0.2, -0.15) is 0 Å². The first-order valence-electron chi connectivity index (χ1n) is 12.6. The Morgan fingerprint density at radius 2 is 1.83 bits per heavy atom. The highest BCUT2D eigenvalue weighted by Crippen LogP contribution is 2.26. The van der Waals surface area contributed by atoms with E-state index in [1.54, 1.807) is 26.0 Å². The van der Waals surface area contributed by atoms with Crippen LogP contribution in [0.15, 0.2) is 48.7 Å². The van der Waals surface area contributed by atoms with Crippen molar-refractivity contribution in [2.45, 2.75) is 72.1 Å². The van der Waals surface area contributed by atoms with Crippen LogP contribution in [0, 0.1) is 5.92 Å². The number of imidazole rings is 1. The second-order valence-electron chi connectivity index (χ2n) is 10.3. The van der Waals surface area contributed by atoms with Gasteiger partial charge in [0.25, 0.3) is 5.91 Å². The van der Waals surface area contributed by atoms with Crippen LogP contribution in [-0.4, -0.2) is 38.3 Å². The zero-order valence-corrected chi connectivity index (χ0v) is 22.6. The standard InChI is InChI=1S/C29H38ClN3O3/c1-6-33-18-26(32-28(33)29(4,5)36)21-9-7-20(8-10-21)16-24(13-14-34)31-27(35)23-12-11-22(15-19(2)3)25(30)17-23/h7-12,17-19,24,34,36H,6,13-16H2,1-5H3,(H,31,35)/t24-/m1/s1. The second-order valence-corrected chi connectivity index (χ2v) is 10.7. The van der Waals surface area contributed by atoms with E-state index in [1.807, 2.05) is 48.0 Å². The molecular formula is C29H38ClN3O3. The second kappa shape index (κ2) is 12.0. The van der Waals surface area contributed by atoms with Crippen LogP contribution >= 0.6 is 11.6 Å². The summed E-state index contributed by atoms with van der Waals surface area (Å²) in [5.74, 6) is 0.910. The van der Waals surface area contributed by atoms with Crippen LogP contribution in [0.25, 0.3) is 11.3 Å². The van der Waals surface area contributed by atoms with Gasteiger partial charge in [-0.25, -0.2) is 4.98 Å². The van der Waals surface area contributed by atoms with Crippen molar-refractivity contribution in [2.75, 3.05) is 6.61 Å². The number of carbonyl (C=O) groups excluding carboxylic acids is 1.